The molecule has 0 aromatic heterocycles. The minimum absolute atomic E-state index is 0.0704. The maximum atomic E-state index is 6.31. The Morgan fingerprint density at radius 1 is 0.903 bits per heavy atom. The summed E-state index contributed by atoms with van der Waals surface area (Å²) in [5.41, 5.74) is 6.57. The van der Waals surface area contributed by atoms with Crippen LogP contribution < -0.4 is 39.1 Å². The van der Waals surface area contributed by atoms with Crippen LogP contribution >= 0.6 is 0 Å². The van der Waals surface area contributed by atoms with Gasteiger partial charge >= 0.3 is 0 Å². The molecule has 0 radical (unpaired) electrons. The molecule has 0 unspecified atom stereocenters. The predicted molar refractivity (Wildman–Crippen MR) is 130 cm³/mol. The molecule has 0 aliphatic rings. The molecule has 168 valence electrons. The molecule has 0 atom stereocenters. The number of hydrogen-bond acceptors (Lipinski definition) is 7. The average molecular weight is 426 g/mol. The fourth-order valence-electron chi connectivity index (χ4n) is 3.87. The first-order valence-electron chi connectivity index (χ1n) is 10.9. The van der Waals surface area contributed by atoms with Gasteiger partial charge in [0, 0.05) is 39.3 Å². The Morgan fingerprint density at radius 2 is 1.58 bits per heavy atom. The Morgan fingerprint density at radius 3 is 2.32 bits per heavy atom. The van der Waals surface area contributed by atoms with Gasteiger partial charge in [0.25, 0.3) is 0 Å². The van der Waals surface area contributed by atoms with Gasteiger partial charge in [0.05, 0.1) is 6.54 Å². The number of nitrogens with zero attached hydrogens (tertiary/aromatic N) is 2. The molecule has 0 bridgehead atoms. The lowest BCUT2D eigenvalue weighted by atomic mass is 9.96. The van der Waals surface area contributed by atoms with Crippen LogP contribution in [-0.2, 0) is 6.54 Å². The fraction of sp³-hybridized carbons (Fsp3) is 0.391. The van der Waals surface area contributed by atoms with Gasteiger partial charge in [-0.3, -0.25) is 5.84 Å². The number of quaternary nitrogens is 1. The number of hydrazine groups is 1. The quantitative estimate of drug-likeness (QED) is 0.0942. The van der Waals surface area contributed by atoms with E-state index in [-0.39, 0.29) is 4.70 Å². The molecule has 0 fully saturated rings. The molecule has 31 heavy (non-hydrogen) atoms. The van der Waals surface area contributed by atoms with Crippen molar-refractivity contribution in [2.24, 2.45) is 23.3 Å². The number of rotatable bonds is 13. The first-order chi connectivity index (χ1) is 14.9. The SMILES string of the molecule is C=c1c(CN(N)CC[N+](N)(N)CCNCCNCCN)cc2cccc3cccc1c32. The van der Waals surface area contributed by atoms with Gasteiger partial charge in [-0.25, -0.2) is 5.01 Å². The van der Waals surface area contributed by atoms with Crippen LogP contribution in [0.5, 0.6) is 0 Å². The van der Waals surface area contributed by atoms with Gasteiger partial charge in [0.15, 0.2) is 0 Å². The highest BCUT2D eigenvalue weighted by Gasteiger charge is 2.19. The van der Waals surface area contributed by atoms with Crippen molar-refractivity contribution in [1.29, 1.82) is 0 Å². The second-order valence-electron chi connectivity index (χ2n) is 8.21. The van der Waals surface area contributed by atoms with E-state index in [9.17, 15) is 0 Å². The van der Waals surface area contributed by atoms with E-state index >= 15 is 0 Å². The third kappa shape index (κ3) is 6.42. The van der Waals surface area contributed by atoms with Gasteiger partial charge < -0.3 is 16.4 Å². The van der Waals surface area contributed by atoms with Gasteiger partial charge in [-0.15, -0.1) is 0 Å². The van der Waals surface area contributed by atoms with E-state index < -0.39 is 0 Å². The van der Waals surface area contributed by atoms with Gasteiger partial charge in [-0.2, -0.15) is 16.4 Å². The van der Waals surface area contributed by atoms with Crippen molar-refractivity contribution in [2.75, 3.05) is 52.4 Å². The average Bonchev–Trinajstić information content (AvgIpc) is 2.75. The van der Waals surface area contributed by atoms with Crippen molar-refractivity contribution in [3.63, 3.8) is 0 Å². The van der Waals surface area contributed by atoms with Crippen LogP contribution in [0.2, 0.25) is 0 Å². The lowest BCUT2D eigenvalue weighted by Crippen LogP contribution is -2.65. The van der Waals surface area contributed by atoms with Crippen LogP contribution in [0.4, 0.5) is 0 Å². The molecule has 0 spiro atoms. The Hall–Kier alpha value is -2.14. The van der Waals surface area contributed by atoms with E-state index in [1.807, 2.05) is 0 Å². The highest BCUT2D eigenvalue weighted by molar-refractivity contribution is 6.10. The Balaban J connectivity index is 1.52. The molecule has 0 heterocycles. The summed E-state index contributed by atoms with van der Waals surface area (Å²) < 4.78 is -0.0704. The lowest BCUT2D eigenvalue weighted by molar-refractivity contribution is -0.950. The number of nitrogens with one attached hydrogen (secondary N) is 2. The lowest BCUT2D eigenvalue weighted by Gasteiger charge is -2.28. The van der Waals surface area contributed by atoms with E-state index in [0.717, 1.165) is 37.0 Å². The van der Waals surface area contributed by atoms with E-state index in [4.69, 9.17) is 23.3 Å². The Kier molecular flexibility index (Phi) is 8.30. The predicted octanol–water partition coefficient (Wildman–Crippen LogP) is -0.500. The number of nitrogens with two attached hydrogens (primary N) is 4. The van der Waals surface area contributed by atoms with Crippen LogP contribution in [0, 0.1) is 0 Å². The molecular weight excluding hydrogens is 388 g/mol. The molecule has 0 amide bonds. The van der Waals surface area contributed by atoms with Gasteiger partial charge in [0.1, 0.15) is 13.1 Å². The van der Waals surface area contributed by atoms with Crippen LogP contribution in [0.25, 0.3) is 28.1 Å². The molecule has 8 nitrogen and oxygen atoms in total. The van der Waals surface area contributed by atoms with Gasteiger partial charge in [-0.05, 0) is 38.4 Å². The summed E-state index contributed by atoms with van der Waals surface area (Å²) in [6.07, 6.45) is 0. The fourth-order valence-corrected chi connectivity index (χ4v) is 3.87. The van der Waals surface area contributed by atoms with Crippen LogP contribution in [0.15, 0.2) is 42.5 Å². The topological polar surface area (TPSA) is 131 Å². The van der Waals surface area contributed by atoms with Crippen molar-refractivity contribution in [3.8, 4) is 0 Å². The maximum Gasteiger partial charge on any atom is 0.128 e. The summed E-state index contributed by atoms with van der Waals surface area (Å²) >= 11 is 0. The molecule has 0 saturated carbocycles. The molecule has 3 aromatic rings. The zero-order valence-corrected chi connectivity index (χ0v) is 18.3. The van der Waals surface area contributed by atoms with Crippen molar-refractivity contribution in [3.05, 3.63) is 53.2 Å². The van der Waals surface area contributed by atoms with Crippen LogP contribution in [0.3, 0.4) is 0 Å². The molecular formula is C23H37N8+. The summed E-state index contributed by atoms with van der Waals surface area (Å²) in [6.45, 7) is 10.6. The van der Waals surface area contributed by atoms with E-state index in [0.29, 0.717) is 32.7 Å². The monoisotopic (exact) mass is 425 g/mol. The van der Waals surface area contributed by atoms with E-state index in [2.05, 4.69) is 59.7 Å². The molecule has 8 heteroatoms. The van der Waals surface area contributed by atoms with Crippen molar-refractivity contribution in [2.45, 2.75) is 6.54 Å². The third-order valence-electron chi connectivity index (χ3n) is 5.66. The van der Waals surface area contributed by atoms with E-state index in [1.54, 1.807) is 5.01 Å². The standard InChI is InChI=1S/C23H37N8/c1-18-21(16-20-6-2-4-19-5-3-7-22(18)23(19)20)17-30(25)13-15-31(26,27)14-12-29-11-10-28-9-8-24/h2-7,16,28-29H,1,8-15,17,24-27H2/q+1. The van der Waals surface area contributed by atoms with Crippen LogP contribution in [-0.4, -0.2) is 62.1 Å². The summed E-state index contributed by atoms with van der Waals surface area (Å²) in [4.78, 5) is 0. The second kappa shape index (κ2) is 10.9. The number of hydrogen-bond donors (Lipinski definition) is 6. The third-order valence-corrected chi connectivity index (χ3v) is 5.66. The first-order valence-corrected chi connectivity index (χ1v) is 10.9. The minimum atomic E-state index is -0.0704. The summed E-state index contributed by atoms with van der Waals surface area (Å²) in [5.74, 6) is 18.8. The smallest absolute Gasteiger partial charge is 0.128 e. The Labute approximate surface area is 184 Å². The largest absolute Gasteiger partial charge is 0.329 e. The normalized spacial score (nSPS) is 12.4. The van der Waals surface area contributed by atoms with Gasteiger partial charge in [0.2, 0.25) is 0 Å². The molecule has 3 aromatic carbocycles. The van der Waals surface area contributed by atoms with E-state index in [1.165, 1.54) is 21.5 Å². The number of benzene rings is 3. The summed E-state index contributed by atoms with van der Waals surface area (Å²) in [5, 5.41) is 14.2. The molecule has 0 saturated heterocycles. The molecule has 0 aliphatic heterocycles. The van der Waals surface area contributed by atoms with Gasteiger partial charge in [-0.1, -0.05) is 43.0 Å². The first kappa shape index (κ1) is 23.5. The zero-order chi connectivity index (χ0) is 22.3. The summed E-state index contributed by atoms with van der Waals surface area (Å²) in [7, 11) is 0. The Bertz CT molecular complexity index is 1010. The second-order valence-corrected chi connectivity index (χ2v) is 8.21. The van der Waals surface area contributed by atoms with Crippen molar-refractivity contribution in [1.82, 2.24) is 15.6 Å². The zero-order valence-electron chi connectivity index (χ0n) is 18.3. The highest BCUT2D eigenvalue weighted by atomic mass is 15.8. The maximum absolute atomic E-state index is 6.31. The molecule has 0 aliphatic carbocycles. The highest BCUT2D eigenvalue weighted by Crippen LogP contribution is 2.25. The molecule has 3 rings (SSSR count). The molecule has 10 N–H and O–H groups in total. The summed E-state index contributed by atoms with van der Waals surface area (Å²) in [6, 6.07) is 14.9. The minimum Gasteiger partial charge on any atom is -0.329 e. The van der Waals surface area contributed by atoms with Crippen LogP contribution in [0.1, 0.15) is 5.56 Å². The van der Waals surface area contributed by atoms with Crippen molar-refractivity contribution >= 4 is 28.1 Å². The van der Waals surface area contributed by atoms with Crippen molar-refractivity contribution < 1.29 is 4.70 Å².